The number of nitrogens with zero attached hydrogens (tertiary/aromatic N) is 3. The Hall–Kier alpha value is -2.98. The fraction of sp³-hybridized carbons (Fsp3) is 0.364. The number of rotatable bonds is 9. The van der Waals surface area contributed by atoms with Crippen LogP contribution >= 0.6 is 0 Å². The van der Waals surface area contributed by atoms with Gasteiger partial charge in [-0.1, -0.05) is 13.3 Å². The van der Waals surface area contributed by atoms with Crippen molar-refractivity contribution in [1.29, 1.82) is 0 Å². The zero-order chi connectivity index (χ0) is 22.9. The maximum Gasteiger partial charge on any atom is 0.301 e. The molecule has 1 fully saturated rings. The predicted octanol–water partition coefficient (Wildman–Crippen LogP) is 3.14. The minimum Gasteiger partial charge on any atom is -0.301 e. The predicted molar refractivity (Wildman–Crippen MR) is 121 cm³/mol. The minimum atomic E-state index is -3.91. The Labute approximate surface area is 186 Å². The van der Waals surface area contributed by atoms with E-state index in [0.29, 0.717) is 12.3 Å². The first-order chi connectivity index (χ1) is 15.3. The summed E-state index contributed by atoms with van der Waals surface area (Å²) >= 11 is 0. The maximum atomic E-state index is 13.6. The summed E-state index contributed by atoms with van der Waals surface area (Å²) in [5, 5.41) is 5.41. The monoisotopic (exact) mass is 459 g/mol. The zero-order valence-corrected chi connectivity index (χ0v) is 18.8. The van der Waals surface area contributed by atoms with E-state index in [4.69, 9.17) is 0 Å². The number of fused-ring (bicyclic) bond motifs is 1. The third-order valence-electron chi connectivity index (χ3n) is 5.38. The van der Waals surface area contributed by atoms with Gasteiger partial charge in [-0.2, -0.15) is 18.2 Å². The Bertz CT molecular complexity index is 1290. The number of carbonyl (C=O) groups is 1. The molecule has 0 spiro atoms. The van der Waals surface area contributed by atoms with Crippen LogP contribution in [0.25, 0.3) is 22.8 Å². The Morgan fingerprint density at radius 3 is 2.81 bits per heavy atom. The molecule has 0 bridgehead atoms. The molecule has 3 aromatic rings. The number of carbonyl (C=O) groups excluding carboxylic acids is 1. The normalized spacial score (nSPS) is 14.5. The molecule has 1 aliphatic rings. The average Bonchev–Trinajstić information content (AvgIpc) is 3.41. The largest absolute Gasteiger partial charge is 0.301 e. The topological polar surface area (TPSA) is 98.0 Å². The van der Waals surface area contributed by atoms with E-state index < -0.39 is 16.1 Å². The van der Waals surface area contributed by atoms with Crippen LogP contribution in [0.5, 0.6) is 0 Å². The van der Waals surface area contributed by atoms with E-state index in [-0.39, 0.29) is 12.4 Å². The number of hydrogen-bond acceptors (Lipinski definition) is 4. The summed E-state index contributed by atoms with van der Waals surface area (Å²) in [6.07, 6.45) is 8.18. The number of aryl methyl sites for hydroxylation is 1. The highest BCUT2D eigenvalue weighted by Gasteiger charge is 2.31. The number of halogens is 1. The fourth-order valence-electron chi connectivity index (χ4n) is 3.70. The number of benzene rings is 1. The number of unbranched alkanes of at least 4 members (excludes halogenated alkanes) is 1. The van der Waals surface area contributed by atoms with E-state index in [0.717, 1.165) is 47.2 Å². The summed E-state index contributed by atoms with van der Waals surface area (Å²) in [6.45, 7) is 2.21. The van der Waals surface area contributed by atoms with Crippen molar-refractivity contribution in [1.82, 2.24) is 23.8 Å². The van der Waals surface area contributed by atoms with Crippen molar-refractivity contribution in [2.45, 2.75) is 38.5 Å². The highest BCUT2D eigenvalue weighted by Crippen LogP contribution is 2.43. The van der Waals surface area contributed by atoms with Crippen LogP contribution in [0, 0.1) is 5.82 Å². The van der Waals surface area contributed by atoms with Crippen molar-refractivity contribution in [2.75, 3.05) is 6.54 Å². The van der Waals surface area contributed by atoms with E-state index in [1.807, 2.05) is 35.5 Å². The lowest BCUT2D eigenvalue weighted by molar-refractivity contribution is -0.114. The molecular weight excluding hydrogens is 433 g/mol. The van der Waals surface area contributed by atoms with E-state index in [9.17, 15) is 17.6 Å². The molecule has 0 radical (unpaired) electrons. The Kier molecular flexibility index (Phi) is 6.16. The summed E-state index contributed by atoms with van der Waals surface area (Å²) < 4.78 is 45.6. The lowest BCUT2D eigenvalue weighted by atomic mass is 10.1. The zero-order valence-electron chi connectivity index (χ0n) is 18.0. The SMILES string of the molecule is CCCCNS(=O)(=O)NC(=O)/C=C/c1c(C2CC2)nn(C)c1-n1ccc2cc(F)ccc21. The lowest BCUT2D eigenvalue weighted by Gasteiger charge is -2.08. The highest BCUT2D eigenvalue weighted by molar-refractivity contribution is 7.88. The summed E-state index contributed by atoms with van der Waals surface area (Å²) in [5.41, 5.74) is 2.40. The fourth-order valence-corrected chi connectivity index (χ4v) is 4.52. The Morgan fingerprint density at radius 2 is 2.09 bits per heavy atom. The third kappa shape index (κ3) is 4.76. The van der Waals surface area contributed by atoms with Gasteiger partial charge in [0, 0.05) is 42.7 Å². The number of hydrogen-bond donors (Lipinski definition) is 2. The molecule has 2 N–H and O–H groups in total. The van der Waals surface area contributed by atoms with Crippen LogP contribution in [0.15, 0.2) is 36.5 Å². The van der Waals surface area contributed by atoms with Crippen molar-refractivity contribution in [3.8, 4) is 5.82 Å². The highest BCUT2D eigenvalue weighted by atomic mass is 32.2. The summed E-state index contributed by atoms with van der Waals surface area (Å²) in [6, 6.07) is 6.37. The van der Waals surface area contributed by atoms with Gasteiger partial charge < -0.3 is 4.57 Å². The number of amides is 1. The van der Waals surface area contributed by atoms with E-state index in [1.54, 1.807) is 16.8 Å². The van der Waals surface area contributed by atoms with Gasteiger partial charge in [0.25, 0.3) is 5.91 Å². The van der Waals surface area contributed by atoms with Crippen molar-refractivity contribution in [3.63, 3.8) is 0 Å². The second-order valence-electron chi connectivity index (χ2n) is 7.96. The molecule has 1 aliphatic carbocycles. The number of nitrogens with one attached hydrogen (secondary N) is 2. The van der Waals surface area contributed by atoms with Crippen LogP contribution in [0.2, 0.25) is 0 Å². The van der Waals surface area contributed by atoms with Crippen LogP contribution < -0.4 is 9.44 Å². The van der Waals surface area contributed by atoms with Gasteiger partial charge in [-0.15, -0.1) is 0 Å². The van der Waals surface area contributed by atoms with Crippen molar-refractivity contribution in [3.05, 3.63) is 53.6 Å². The molecule has 32 heavy (non-hydrogen) atoms. The third-order valence-corrected chi connectivity index (χ3v) is 6.44. The van der Waals surface area contributed by atoms with Gasteiger partial charge in [0.15, 0.2) is 0 Å². The molecule has 8 nitrogen and oxygen atoms in total. The molecule has 1 amide bonds. The lowest BCUT2D eigenvalue weighted by Crippen LogP contribution is -2.39. The molecular formula is C22H26FN5O3S. The summed E-state index contributed by atoms with van der Waals surface area (Å²) in [4.78, 5) is 12.3. The van der Waals surface area contributed by atoms with E-state index >= 15 is 0 Å². The van der Waals surface area contributed by atoms with Gasteiger partial charge >= 0.3 is 10.2 Å². The Morgan fingerprint density at radius 1 is 1.31 bits per heavy atom. The minimum absolute atomic E-state index is 0.267. The van der Waals surface area contributed by atoms with Crippen molar-refractivity contribution >= 4 is 33.1 Å². The van der Waals surface area contributed by atoms with Crippen molar-refractivity contribution in [2.24, 2.45) is 7.05 Å². The van der Waals surface area contributed by atoms with Crippen LogP contribution in [0.4, 0.5) is 4.39 Å². The van der Waals surface area contributed by atoms with Crippen LogP contribution in [-0.4, -0.2) is 35.2 Å². The van der Waals surface area contributed by atoms with Crippen LogP contribution in [-0.2, 0) is 22.1 Å². The molecule has 0 atom stereocenters. The molecule has 2 heterocycles. The first-order valence-electron chi connectivity index (χ1n) is 10.6. The molecule has 4 rings (SSSR count). The average molecular weight is 460 g/mol. The molecule has 2 aromatic heterocycles. The quantitative estimate of drug-likeness (QED) is 0.379. The molecule has 0 aliphatic heterocycles. The molecule has 0 saturated heterocycles. The molecule has 1 saturated carbocycles. The van der Waals surface area contributed by atoms with Gasteiger partial charge in [0.2, 0.25) is 0 Å². The van der Waals surface area contributed by atoms with Crippen LogP contribution in [0.1, 0.15) is 49.8 Å². The molecule has 0 unspecified atom stereocenters. The summed E-state index contributed by atoms with van der Waals surface area (Å²) in [7, 11) is -2.10. The molecule has 10 heteroatoms. The smallest absolute Gasteiger partial charge is 0.301 e. The first-order valence-corrected chi connectivity index (χ1v) is 12.1. The number of aromatic nitrogens is 3. The Balaban J connectivity index is 1.66. The van der Waals surface area contributed by atoms with E-state index in [2.05, 4.69) is 9.82 Å². The van der Waals surface area contributed by atoms with Gasteiger partial charge in [-0.25, -0.2) is 9.11 Å². The van der Waals surface area contributed by atoms with Gasteiger partial charge in [0.05, 0.1) is 11.2 Å². The standard InChI is InChI=1S/C22H26FN5O3S/c1-3-4-12-24-32(30,31)26-20(29)10-8-18-21(15-5-6-15)25-27(2)22(18)28-13-11-16-14-17(23)7-9-19(16)28/h7-11,13-15,24H,3-6,12H2,1-2H3,(H,26,29)/b10-8+. The van der Waals surface area contributed by atoms with Gasteiger partial charge in [-0.05, 0) is 49.6 Å². The van der Waals surface area contributed by atoms with E-state index in [1.165, 1.54) is 18.2 Å². The maximum absolute atomic E-state index is 13.6. The van der Waals surface area contributed by atoms with Gasteiger partial charge in [0.1, 0.15) is 11.6 Å². The van der Waals surface area contributed by atoms with Crippen LogP contribution in [0.3, 0.4) is 0 Å². The second-order valence-corrected chi connectivity index (χ2v) is 9.46. The second kappa shape index (κ2) is 8.87. The van der Waals surface area contributed by atoms with Crippen molar-refractivity contribution < 1.29 is 17.6 Å². The summed E-state index contributed by atoms with van der Waals surface area (Å²) in [5.74, 6) is -0.0349. The molecule has 1 aromatic carbocycles. The molecule has 170 valence electrons. The first kappa shape index (κ1) is 22.2. The van der Waals surface area contributed by atoms with Gasteiger partial charge in [-0.3, -0.25) is 9.48 Å².